The van der Waals surface area contributed by atoms with E-state index < -0.39 is 5.54 Å². The summed E-state index contributed by atoms with van der Waals surface area (Å²) in [6.45, 7) is 5.42. The van der Waals surface area contributed by atoms with Gasteiger partial charge in [0.1, 0.15) is 5.75 Å². The zero-order valence-electron chi connectivity index (χ0n) is 17.2. The number of amides is 2. The van der Waals surface area contributed by atoms with Gasteiger partial charge in [0.15, 0.2) is 0 Å². The summed E-state index contributed by atoms with van der Waals surface area (Å²) in [4.78, 5) is 16.6. The molecular weight excluding hydrogens is 338 g/mol. The van der Waals surface area contributed by atoms with Crippen molar-refractivity contribution in [2.45, 2.75) is 32.5 Å². The Morgan fingerprint density at radius 3 is 2.04 bits per heavy atom. The van der Waals surface area contributed by atoms with Crippen LogP contribution in [0.5, 0.6) is 5.75 Å². The number of methoxy groups -OCH3 is 1. The van der Waals surface area contributed by atoms with Crippen LogP contribution in [0.2, 0.25) is 0 Å². The van der Waals surface area contributed by atoms with E-state index in [1.165, 1.54) is 5.56 Å². The van der Waals surface area contributed by atoms with E-state index in [4.69, 9.17) is 4.74 Å². The van der Waals surface area contributed by atoms with Gasteiger partial charge in [-0.3, -0.25) is 0 Å². The molecule has 0 saturated carbocycles. The van der Waals surface area contributed by atoms with E-state index in [0.29, 0.717) is 6.54 Å². The van der Waals surface area contributed by atoms with Crippen LogP contribution in [-0.2, 0) is 18.6 Å². The van der Waals surface area contributed by atoms with Crippen LogP contribution >= 0.6 is 0 Å². The van der Waals surface area contributed by atoms with Crippen molar-refractivity contribution in [1.29, 1.82) is 0 Å². The van der Waals surface area contributed by atoms with Gasteiger partial charge in [-0.25, -0.2) is 4.79 Å². The summed E-state index contributed by atoms with van der Waals surface area (Å²) >= 11 is 0. The molecule has 2 amide bonds. The Kier molecular flexibility index (Phi) is 6.86. The predicted octanol–water partition coefficient (Wildman–Crippen LogP) is 3.83. The monoisotopic (exact) mass is 369 g/mol. The topological polar surface area (TPSA) is 44.8 Å². The highest BCUT2D eigenvalue weighted by Gasteiger charge is 2.24. The largest absolute Gasteiger partial charge is 0.497 e. The summed E-state index contributed by atoms with van der Waals surface area (Å²) in [5, 5.41) is 3.13. The Morgan fingerprint density at radius 1 is 0.963 bits per heavy atom. The Labute approximate surface area is 162 Å². The molecule has 0 aliphatic carbocycles. The van der Waals surface area contributed by atoms with Crippen molar-refractivity contribution in [3.8, 4) is 5.75 Å². The number of urea groups is 1. The molecule has 0 aliphatic rings. The third kappa shape index (κ3) is 5.73. The molecule has 0 heterocycles. The van der Waals surface area contributed by atoms with Crippen molar-refractivity contribution in [3.63, 3.8) is 0 Å². The maximum atomic E-state index is 12.8. The molecule has 5 nitrogen and oxygen atoms in total. The third-order valence-electron chi connectivity index (χ3n) is 4.59. The second-order valence-corrected chi connectivity index (χ2v) is 7.65. The number of benzene rings is 2. The lowest BCUT2D eigenvalue weighted by molar-refractivity contribution is 0.195. The maximum absolute atomic E-state index is 12.8. The van der Waals surface area contributed by atoms with Gasteiger partial charge in [-0.2, -0.15) is 0 Å². The van der Waals surface area contributed by atoms with E-state index >= 15 is 0 Å². The second kappa shape index (κ2) is 8.91. The lowest BCUT2D eigenvalue weighted by atomic mass is 9.94. The van der Waals surface area contributed by atoms with Crippen LogP contribution in [0.15, 0.2) is 48.5 Å². The van der Waals surface area contributed by atoms with Crippen molar-refractivity contribution in [3.05, 3.63) is 65.2 Å². The van der Waals surface area contributed by atoms with Crippen LogP contribution in [0, 0.1) is 0 Å². The van der Waals surface area contributed by atoms with Gasteiger partial charge in [0, 0.05) is 20.1 Å². The first kappa shape index (κ1) is 20.8. The molecule has 27 heavy (non-hydrogen) atoms. The highest BCUT2D eigenvalue weighted by Crippen LogP contribution is 2.23. The highest BCUT2D eigenvalue weighted by atomic mass is 16.5. The fraction of sp³-hybridized carbons (Fsp3) is 0.409. The van der Waals surface area contributed by atoms with Gasteiger partial charge in [0.25, 0.3) is 0 Å². The molecule has 5 heteroatoms. The van der Waals surface area contributed by atoms with Crippen molar-refractivity contribution in [2.24, 2.45) is 0 Å². The van der Waals surface area contributed by atoms with E-state index in [-0.39, 0.29) is 6.03 Å². The van der Waals surface area contributed by atoms with Gasteiger partial charge in [0.05, 0.1) is 12.6 Å². The van der Waals surface area contributed by atoms with Crippen molar-refractivity contribution in [1.82, 2.24) is 15.1 Å². The smallest absolute Gasteiger partial charge is 0.318 e. The molecule has 0 unspecified atom stereocenters. The molecule has 0 aromatic heterocycles. The number of ether oxygens (including phenoxy) is 1. The zero-order chi connectivity index (χ0) is 20.0. The van der Waals surface area contributed by atoms with Crippen molar-refractivity contribution >= 4 is 6.03 Å². The van der Waals surface area contributed by atoms with Gasteiger partial charge in [0.2, 0.25) is 0 Å². The molecule has 0 aliphatic heterocycles. The van der Waals surface area contributed by atoms with E-state index in [0.717, 1.165) is 23.4 Å². The molecule has 0 fully saturated rings. The quantitative estimate of drug-likeness (QED) is 0.807. The summed E-state index contributed by atoms with van der Waals surface area (Å²) in [7, 11) is 7.56. The lowest BCUT2D eigenvalue weighted by Gasteiger charge is -2.30. The van der Waals surface area contributed by atoms with Gasteiger partial charge >= 0.3 is 6.03 Å². The molecule has 146 valence electrons. The molecule has 0 saturated heterocycles. The van der Waals surface area contributed by atoms with Crippen LogP contribution in [0.3, 0.4) is 0 Å². The Hall–Kier alpha value is -2.53. The fourth-order valence-electron chi connectivity index (χ4n) is 2.98. The van der Waals surface area contributed by atoms with Crippen LogP contribution in [0.25, 0.3) is 0 Å². The molecular formula is C22H31N3O2. The van der Waals surface area contributed by atoms with Crippen LogP contribution in [0.4, 0.5) is 4.79 Å². The molecule has 2 rings (SSSR count). The molecule has 1 N–H and O–H groups in total. The van der Waals surface area contributed by atoms with Crippen LogP contribution in [-0.4, -0.2) is 44.1 Å². The summed E-state index contributed by atoms with van der Waals surface area (Å²) in [6.07, 6.45) is 0. The molecule has 0 radical (unpaired) electrons. The minimum absolute atomic E-state index is 0.101. The molecule has 0 bridgehead atoms. The van der Waals surface area contributed by atoms with Crippen LogP contribution < -0.4 is 10.1 Å². The SMILES string of the molecule is COc1ccc(C(C)(C)NC(=O)N(C)Cc2ccccc2CN(C)C)cc1. The number of rotatable bonds is 7. The first-order valence-electron chi connectivity index (χ1n) is 9.12. The summed E-state index contributed by atoms with van der Waals surface area (Å²) in [5.41, 5.74) is 2.93. The van der Waals surface area contributed by atoms with E-state index in [9.17, 15) is 4.79 Å². The number of nitrogens with one attached hydrogen (secondary N) is 1. The average molecular weight is 370 g/mol. The van der Waals surface area contributed by atoms with Gasteiger partial charge in [-0.15, -0.1) is 0 Å². The molecule has 0 spiro atoms. The van der Waals surface area contributed by atoms with Gasteiger partial charge in [-0.1, -0.05) is 36.4 Å². The summed E-state index contributed by atoms with van der Waals surface area (Å²) < 4.78 is 5.21. The Bertz CT molecular complexity index is 754. The van der Waals surface area contributed by atoms with Crippen molar-refractivity contribution < 1.29 is 9.53 Å². The Balaban J connectivity index is 2.06. The number of hydrogen-bond donors (Lipinski definition) is 1. The zero-order valence-corrected chi connectivity index (χ0v) is 17.2. The van der Waals surface area contributed by atoms with Crippen molar-refractivity contribution in [2.75, 3.05) is 28.3 Å². The maximum Gasteiger partial charge on any atom is 0.318 e. The fourth-order valence-corrected chi connectivity index (χ4v) is 2.98. The molecule has 0 atom stereocenters. The minimum Gasteiger partial charge on any atom is -0.497 e. The van der Waals surface area contributed by atoms with Crippen LogP contribution in [0.1, 0.15) is 30.5 Å². The average Bonchev–Trinajstić information content (AvgIpc) is 2.62. The molecule has 2 aromatic rings. The van der Waals surface area contributed by atoms with E-state index in [1.807, 2.05) is 71.4 Å². The predicted molar refractivity (Wildman–Crippen MR) is 110 cm³/mol. The number of carbonyl (C=O) groups is 1. The minimum atomic E-state index is -0.485. The van der Waals surface area contributed by atoms with Gasteiger partial charge in [-0.05, 0) is 56.8 Å². The summed E-state index contributed by atoms with van der Waals surface area (Å²) in [6, 6.07) is 15.9. The first-order chi connectivity index (χ1) is 12.7. The second-order valence-electron chi connectivity index (χ2n) is 7.65. The van der Waals surface area contributed by atoms with E-state index in [1.54, 1.807) is 12.0 Å². The number of nitrogens with zero attached hydrogens (tertiary/aromatic N) is 2. The third-order valence-corrected chi connectivity index (χ3v) is 4.59. The molecule has 2 aromatic carbocycles. The Morgan fingerprint density at radius 2 is 1.52 bits per heavy atom. The summed E-state index contributed by atoms with van der Waals surface area (Å²) in [5.74, 6) is 0.801. The highest BCUT2D eigenvalue weighted by molar-refractivity contribution is 5.75. The standard InChI is InChI=1S/C22H31N3O2/c1-22(2,19-11-13-20(27-6)14-12-19)23-21(26)25(5)16-18-10-8-7-9-17(18)15-24(3)4/h7-14H,15-16H2,1-6H3,(H,23,26). The number of carbonyl (C=O) groups excluding carboxylic acids is 1. The van der Waals surface area contributed by atoms with E-state index in [2.05, 4.69) is 22.3 Å². The number of hydrogen-bond acceptors (Lipinski definition) is 3. The van der Waals surface area contributed by atoms with Gasteiger partial charge < -0.3 is 19.9 Å². The lowest BCUT2D eigenvalue weighted by Crippen LogP contribution is -2.47. The first-order valence-corrected chi connectivity index (χ1v) is 9.12. The normalized spacial score (nSPS) is 11.4.